The molecule has 0 saturated heterocycles. The number of aromatic amines is 1. The first-order valence-corrected chi connectivity index (χ1v) is 9.61. The number of terminal acetylenes is 1. The molecule has 2 aliphatic rings. The van der Waals surface area contributed by atoms with E-state index in [1.165, 1.54) is 13.4 Å². The fraction of sp³-hybridized carbons (Fsp3) is 0.409. The van der Waals surface area contributed by atoms with Crippen LogP contribution in [0.1, 0.15) is 70.3 Å². The van der Waals surface area contributed by atoms with Gasteiger partial charge in [0, 0.05) is 29.4 Å². The standard InChI is InChI=1S/C22H23N3O3/c1-3-17-18(13-4-5-13)8-15(9-19(17)14-6-7-14)21(26)25-20(22(27)28-2)10-16-11-23-12-24-16/h1,8-9,11-14,20H,4-7,10H2,2H3,(H,23,24)(H,25,26)/t20-/m1/s1. The summed E-state index contributed by atoms with van der Waals surface area (Å²) < 4.78 is 4.86. The van der Waals surface area contributed by atoms with Gasteiger partial charge in [0.25, 0.3) is 5.91 Å². The minimum Gasteiger partial charge on any atom is -0.467 e. The Labute approximate surface area is 164 Å². The Morgan fingerprint density at radius 2 is 1.93 bits per heavy atom. The average Bonchev–Trinajstić information content (AvgIpc) is 3.64. The van der Waals surface area contributed by atoms with E-state index in [4.69, 9.17) is 11.2 Å². The zero-order chi connectivity index (χ0) is 19.7. The van der Waals surface area contributed by atoms with Crippen LogP contribution in [0.2, 0.25) is 0 Å². The molecule has 2 fully saturated rings. The zero-order valence-electron chi connectivity index (χ0n) is 15.8. The second kappa shape index (κ2) is 7.51. The molecule has 144 valence electrons. The van der Waals surface area contributed by atoms with Gasteiger partial charge < -0.3 is 15.0 Å². The fourth-order valence-corrected chi connectivity index (χ4v) is 3.61. The zero-order valence-corrected chi connectivity index (χ0v) is 15.8. The van der Waals surface area contributed by atoms with Crippen LogP contribution in [-0.2, 0) is 16.0 Å². The smallest absolute Gasteiger partial charge is 0.328 e. The SMILES string of the molecule is C#Cc1c(C2CC2)cc(C(=O)N[C@H](Cc2cnc[nH]2)C(=O)OC)cc1C1CC1. The maximum absolute atomic E-state index is 13.0. The predicted octanol–water partition coefficient (Wildman–Crippen LogP) is 2.66. The van der Waals surface area contributed by atoms with Crippen molar-refractivity contribution < 1.29 is 14.3 Å². The van der Waals surface area contributed by atoms with Crippen molar-refractivity contribution in [1.29, 1.82) is 0 Å². The maximum atomic E-state index is 13.0. The van der Waals surface area contributed by atoms with Crippen molar-refractivity contribution >= 4 is 11.9 Å². The van der Waals surface area contributed by atoms with E-state index in [0.717, 1.165) is 48.1 Å². The summed E-state index contributed by atoms with van der Waals surface area (Å²) in [6.45, 7) is 0. The number of aromatic nitrogens is 2. The summed E-state index contributed by atoms with van der Waals surface area (Å²) >= 11 is 0. The van der Waals surface area contributed by atoms with Crippen molar-refractivity contribution in [1.82, 2.24) is 15.3 Å². The number of hydrogen-bond acceptors (Lipinski definition) is 4. The van der Waals surface area contributed by atoms with E-state index in [2.05, 4.69) is 21.2 Å². The number of nitrogens with one attached hydrogen (secondary N) is 2. The molecule has 1 aromatic heterocycles. The highest BCUT2D eigenvalue weighted by Crippen LogP contribution is 2.47. The first kappa shape index (κ1) is 18.3. The molecule has 6 nitrogen and oxygen atoms in total. The molecule has 0 radical (unpaired) electrons. The van der Waals surface area contributed by atoms with E-state index in [9.17, 15) is 9.59 Å². The first-order chi connectivity index (χ1) is 13.6. The van der Waals surface area contributed by atoms with Gasteiger partial charge >= 0.3 is 5.97 Å². The molecule has 2 saturated carbocycles. The minimum atomic E-state index is -0.793. The van der Waals surface area contributed by atoms with Gasteiger partial charge in [-0.05, 0) is 60.8 Å². The summed E-state index contributed by atoms with van der Waals surface area (Å²) in [4.78, 5) is 32.1. The van der Waals surface area contributed by atoms with Gasteiger partial charge in [-0.1, -0.05) is 5.92 Å². The number of carbonyl (C=O) groups excluding carboxylic acids is 2. The van der Waals surface area contributed by atoms with E-state index in [0.29, 0.717) is 17.4 Å². The molecule has 28 heavy (non-hydrogen) atoms. The molecule has 2 aromatic rings. The quantitative estimate of drug-likeness (QED) is 0.574. The van der Waals surface area contributed by atoms with Crippen LogP contribution in [0, 0.1) is 12.3 Å². The Morgan fingerprint density at radius 1 is 1.29 bits per heavy atom. The molecule has 2 N–H and O–H groups in total. The van der Waals surface area contributed by atoms with Crippen LogP contribution in [0.15, 0.2) is 24.7 Å². The lowest BCUT2D eigenvalue weighted by molar-refractivity contribution is -0.142. The third-order valence-corrected chi connectivity index (χ3v) is 5.41. The molecule has 1 amide bonds. The van der Waals surface area contributed by atoms with E-state index < -0.39 is 12.0 Å². The van der Waals surface area contributed by atoms with Crippen LogP contribution >= 0.6 is 0 Å². The third-order valence-electron chi connectivity index (χ3n) is 5.41. The number of amides is 1. The van der Waals surface area contributed by atoms with Crippen molar-refractivity contribution in [3.05, 3.63) is 52.6 Å². The normalized spacial score (nSPS) is 16.9. The number of ether oxygens (including phenoxy) is 1. The highest BCUT2D eigenvalue weighted by atomic mass is 16.5. The van der Waals surface area contributed by atoms with Gasteiger partial charge in [0.15, 0.2) is 0 Å². The van der Waals surface area contributed by atoms with Gasteiger partial charge in [-0.25, -0.2) is 9.78 Å². The molecule has 0 spiro atoms. The first-order valence-electron chi connectivity index (χ1n) is 9.61. The topological polar surface area (TPSA) is 84.1 Å². The van der Waals surface area contributed by atoms with Gasteiger partial charge in [-0.3, -0.25) is 4.79 Å². The molecule has 6 heteroatoms. The molecular weight excluding hydrogens is 354 g/mol. The van der Waals surface area contributed by atoms with Crippen LogP contribution in [0.25, 0.3) is 0 Å². The lowest BCUT2D eigenvalue weighted by atomic mass is 9.92. The summed E-state index contributed by atoms with van der Waals surface area (Å²) in [5.74, 6) is 2.96. The van der Waals surface area contributed by atoms with Crippen molar-refractivity contribution in [3.8, 4) is 12.3 Å². The number of carbonyl (C=O) groups is 2. The predicted molar refractivity (Wildman–Crippen MR) is 104 cm³/mol. The lowest BCUT2D eigenvalue weighted by Gasteiger charge is -2.18. The fourth-order valence-electron chi connectivity index (χ4n) is 3.61. The number of rotatable bonds is 7. The second-order valence-corrected chi connectivity index (χ2v) is 7.55. The third kappa shape index (κ3) is 3.79. The van der Waals surface area contributed by atoms with E-state index >= 15 is 0 Å². The largest absolute Gasteiger partial charge is 0.467 e. The maximum Gasteiger partial charge on any atom is 0.328 e. The molecule has 0 unspecified atom stereocenters. The van der Waals surface area contributed by atoms with Crippen LogP contribution < -0.4 is 5.32 Å². The van der Waals surface area contributed by atoms with Crippen LogP contribution in [-0.4, -0.2) is 35.0 Å². The Balaban J connectivity index is 1.61. The van der Waals surface area contributed by atoms with Crippen molar-refractivity contribution in [2.75, 3.05) is 7.11 Å². The Bertz CT molecular complexity index is 901. The van der Waals surface area contributed by atoms with Gasteiger partial charge in [0.1, 0.15) is 6.04 Å². The highest BCUT2D eigenvalue weighted by Gasteiger charge is 2.33. The summed E-state index contributed by atoms with van der Waals surface area (Å²) in [7, 11) is 1.31. The molecule has 0 aliphatic heterocycles. The molecular formula is C22H23N3O3. The van der Waals surface area contributed by atoms with Crippen LogP contribution in [0.3, 0.4) is 0 Å². The summed E-state index contributed by atoms with van der Waals surface area (Å²) in [6.07, 6.45) is 13.7. The number of esters is 1. The lowest BCUT2D eigenvalue weighted by Crippen LogP contribution is -2.43. The summed E-state index contributed by atoms with van der Waals surface area (Å²) in [6, 6.07) is 3.01. The number of benzene rings is 1. The van der Waals surface area contributed by atoms with E-state index in [1.807, 2.05) is 12.1 Å². The number of H-pyrrole nitrogens is 1. The molecule has 1 heterocycles. The van der Waals surface area contributed by atoms with Crippen molar-refractivity contribution in [3.63, 3.8) is 0 Å². The summed E-state index contributed by atoms with van der Waals surface area (Å²) in [5.41, 5.74) is 4.46. The highest BCUT2D eigenvalue weighted by molar-refractivity contribution is 5.97. The molecule has 0 bridgehead atoms. The monoisotopic (exact) mass is 377 g/mol. The van der Waals surface area contributed by atoms with E-state index in [-0.39, 0.29) is 12.3 Å². The Hall–Kier alpha value is -3.07. The van der Waals surface area contributed by atoms with Gasteiger partial charge in [-0.2, -0.15) is 0 Å². The van der Waals surface area contributed by atoms with Crippen LogP contribution in [0.5, 0.6) is 0 Å². The average molecular weight is 377 g/mol. The molecule has 1 atom stereocenters. The van der Waals surface area contributed by atoms with Crippen molar-refractivity contribution in [2.24, 2.45) is 0 Å². The molecule has 1 aromatic carbocycles. The van der Waals surface area contributed by atoms with Gasteiger partial charge in [-0.15, -0.1) is 6.42 Å². The number of methoxy groups -OCH3 is 1. The van der Waals surface area contributed by atoms with Crippen molar-refractivity contribution in [2.45, 2.75) is 50.0 Å². The molecule has 2 aliphatic carbocycles. The van der Waals surface area contributed by atoms with Gasteiger partial charge in [0.05, 0.1) is 13.4 Å². The number of imidazole rings is 1. The number of nitrogens with zero attached hydrogens (tertiary/aromatic N) is 1. The van der Waals surface area contributed by atoms with Crippen LogP contribution in [0.4, 0.5) is 0 Å². The van der Waals surface area contributed by atoms with E-state index in [1.54, 1.807) is 6.20 Å². The van der Waals surface area contributed by atoms with Gasteiger partial charge in [0.2, 0.25) is 0 Å². The minimum absolute atomic E-state index is 0.284. The molecule has 4 rings (SSSR count). The number of hydrogen-bond donors (Lipinski definition) is 2. The Kier molecular flexibility index (Phi) is 4.91. The summed E-state index contributed by atoms with van der Waals surface area (Å²) in [5, 5.41) is 2.82. The second-order valence-electron chi connectivity index (χ2n) is 7.55. The Morgan fingerprint density at radius 3 is 2.39 bits per heavy atom.